The van der Waals surface area contributed by atoms with Gasteiger partial charge in [-0.2, -0.15) is 0 Å². The minimum atomic E-state index is -0.371. The van der Waals surface area contributed by atoms with Gasteiger partial charge in [0.25, 0.3) is 0 Å². The second-order valence-corrected chi connectivity index (χ2v) is 6.89. The van der Waals surface area contributed by atoms with Crippen LogP contribution >= 0.6 is 0 Å². The Kier molecular flexibility index (Phi) is 7.44. The first-order valence-electron chi connectivity index (χ1n) is 9.24. The Morgan fingerprint density at radius 3 is 2.28 bits per heavy atom. The molecule has 0 saturated carbocycles. The lowest BCUT2D eigenvalue weighted by Gasteiger charge is -2.36. The molecular weight excluding hydrogens is 316 g/mol. The smallest absolute Gasteiger partial charge is 0.222 e. The molecule has 0 bridgehead atoms. The van der Waals surface area contributed by atoms with E-state index in [4.69, 9.17) is 5.11 Å². The van der Waals surface area contributed by atoms with Crippen molar-refractivity contribution in [2.45, 2.75) is 46.0 Å². The number of piperazine rings is 1. The molecule has 1 fully saturated rings. The molecular formula is C20H30N2O3. The number of aliphatic hydroxyl groups excluding tert-OH is 1. The number of carbonyl (C=O) groups excluding carboxylic acids is 2. The number of amides is 1. The van der Waals surface area contributed by atoms with Gasteiger partial charge in [0, 0.05) is 44.7 Å². The molecule has 1 amide bonds. The van der Waals surface area contributed by atoms with Crippen molar-refractivity contribution >= 4 is 17.4 Å². The van der Waals surface area contributed by atoms with E-state index >= 15 is 0 Å². The van der Waals surface area contributed by atoms with Crippen molar-refractivity contribution in [2.75, 3.05) is 37.7 Å². The summed E-state index contributed by atoms with van der Waals surface area (Å²) in [6.07, 6.45) is 3.40. The van der Waals surface area contributed by atoms with Crippen LogP contribution in [0.25, 0.3) is 0 Å². The zero-order valence-electron chi connectivity index (χ0n) is 15.5. The summed E-state index contributed by atoms with van der Waals surface area (Å²) < 4.78 is 0. The van der Waals surface area contributed by atoms with E-state index in [2.05, 4.69) is 36.9 Å². The van der Waals surface area contributed by atoms with Crippen LogP contribution in [0.4, 0.5) is 5.69 Å². The van der Waals surface area contributed by atoms with Gasteiger partial charge in [0.05, 0.1) is 0 Å². The Hall–Kier alpha value is -1.88. The highest BCUT2D eigenvalue weighted by Gasteiger charge is 2.21. The van der Waals surface area contributed by atoms with Gasteiger partial charge in [-0.25, -0.2) is 0 Å². The summed E-state index contributed by atoms with van der Waals surface area (Å²) in [7, 11) is 0. The Bertz CT molecular complexity index is 593. The van der Waals surface area contributed by atoms with Gasteiger partial charge in [-0.15, -0.1) is 0 Å². The second kappa shape index (κ2) is 9.56. The molecule has 1 heterocycles. The molecule has 5 heteroatoms. The fourth-order valence-corrected chi connectivity index (χ4v) is 3.15. The zero-order valence-corrected chi connectivity index (χ0v) is 15.5. The van der Waals surface area contributed by atoms with Crippen LogP contribution in [0.15, 0.2) is 18.2 Å². The van der Waals surface area contributed by atoms with Crippen LogP contribution in [0.5, 0.6) is 0 Å². The monoisotopic (exact) mass is 346 g/mol. The summed E-state index contributed by atoms with van der Waals surface area (Å²) >= 11 is 0. The molecule has 1 aromatic rings. The maximum Gasteiger partial charge on any atom is 0.222 e. The average Bonchev–Trinajstić information content (AvgIpc) is 2.63. The molecule has 0 aromatic heterocycles. The largest absolute Gasteiger partial charge is 0.389 e. The predicted octanol–water partition coefficient (Wildman–Crippen LogP) is 2.46. The minimum Gasteiger partial charge on any atom is -0.389 e. The van der Waals surface area contributed by atoms with Gasteiger partial charge < -0.3 is 14.9 Å². The van der Waals surface area contributed by atoms with Gasteiger partial charge in [0.1, 0.15) is 6.61 Å². The fourth-order valence-electron chi connectivity index (χ4n) is 3.15. The lowest BCUT2D eigenvalue weighted by molar-refractivity contribution is -0.131. The van der Waals surface area contributed by atoms with Gasteiger partial charge in [0.2, 0.25) is 5.91 Å². The molecule has 1 N–H and O–H groups in total. The van der Waals surface area contributed by atoms with E-state index in [1.54, 1.807) is 0 Å². The summed E-state index contributed by atoms with van der Waals surface area (Å²) in [5.41, 5.74) is 3.85. The quantitative estimate of drug-likeness (QED) is 0.735. The zero-order chi connectivity index (χ0) is 18.2. The van der Waals surface area contributed by atoms with Gasteiger partial charge in [-0.1, -0.05) is 12.5 Å². The number of ketones is 1. The number of aliphatic hydroxyl groups is 1. The lowest BCUT2D eigenvalue weighted by Crippen LogP contribution is -2.48. The topological polar surface area (TPSA) is 60.9 Å². The van der Waals surface area contributed by atoms with Crippen LogP contribution in [0, 0.1) is 13.8 Å². The third-order valence-corrected chi connectivity index (χ3v) is 5.01. The molecule has 1 aliphatic rings. The van der Waals surface area contributed by atoms with Crippen LogP contribution < -0.4 is 4.90 Å². The second-order valence-electron chi connectivity index (χ2n) is 6.89. The molecule has 5 nitrogen and oxygen atoms in total. The number of hydrogen-bond acceptors (Lipinski definition) is 4. The van der Waals surface area contributed by atoms with Crippen molar-refractivity contribution in [1.82, 2.24) is 4.90 Å². The highest BCUT2D eigenvalue weighted by molar-refractivity contribution is 5.79. The molecule has 0 unspecified atom stereocenters. The van der Waals surface area contributed by atoms with Crippen LogP contribution in [-0.2, 0) is 9.59 Å². The van der Waals surface area contributed by atoms with Crippen molar-refractivity contribution in [3.63, 3.8) is 0 Å². The summed E-state index contributed by atoms with van der Waals surface area (Å²) in [4.78, 5) is 27.6. The Morgan fingerprint density at radius 1 is 0.960 bits per heavy atom. The first-order valence-corrected chi connectivity index (χ1v) is 9.24. The van der Waals surface area contributed by atoms with Gasteiger partial charge >= 0.3 is 0 Å². The number of anilines is 1. The molecule has 138 valence electrons. The number of hydrogen-bond donors (Lipinski definition) is 1. The van der Waals surface area contributed by atoms with E-state index in [0.29, 0.717) is 12.8 Å². The Morgan fingerprint density at radius 2 is 1.64 bits per heavy atom. The average molecular weight is 346 g/mol. The van der Waals surface area contributed by atoms with Crippen LogP contribution in [0.3, 0.4) is 0 Å². The van der Waals surface area contributed by atoms with Crippen molar-refractivity contribution in [2.24, 2.45) is 0 Å². The molecule has 1 aliphatic heterocycles. The van der Waals surface area contributed by atoms with E-state index < -0.39 is 0 Å². The third-order valence-electron chi connectivity index (χ3n) is 5.01. The van der Waals surface area contributed by atoms with Crippen molar-refractivity contribution < 1.29 is 14.7 Å². The number of benzene rings is 1. The van der Waals surface area contributed by atoms with E-state index in [0.717, 1.165) is 45.4 Å². The van der Waals surface area contributed by atoms with Gasteiger partial charge in [-0.3, -0.25) is 9.59 Å². The lowest BCUT2D eigenvalue weighted by atomic mass is 10.1. The minimum absolute atomic E-state index is 0.117. The maximum atomic E-state index is 12.3. The Balaban J connectivity index is 1.69. The van der Waals surface area contributed by atoms with Crippen molar-refractivity contribution in [3.05, 3.63) is 29.3 Å². The predicted molar refractivity (Wildman–Crippen MR) is 99.9 cm³/mol. The van der Waals surface area contributed by atoms with Crippen LogP contribution in [-0.4, -0.2) is 54.5 Å². The molecule has 0 aliphatic carbocycles. The van der Waals surface area contributed by atoms with E-state index in [-0.39, 0.29) is 18.3 Å². The molecule has 1 aromatic carbocycles. The van der Waals surface area contributed by atoms with Gasteiger partial charge in [0.15, 0.2) is 5.78 Å². The standard InChI is InChI=1S/C20H30N2O3/c1-16-8-9-18(14-17(16)2)21-10-12-22(13-11-21)20(25)7-5-3-4-6-19(24)15-23/h8-9,14,23H,3-7,10-13,15H2,1-2H3. The summed E-state index contributed by atoms with van der Waals surface area (Å²) in [5.74, 6) is 0.0991. The highest BCUT2D eigenvalue weighted by atomic mass is 16.3. The first-order chi connectivity index (χ1) is 12.0. The molecule has 25 heavy (non-hydrogen) atoms. The number of carbonyl (C=O) groups is 2. The van der Waals surface area contributed by atoms with Crippen LogP contribution in [0.1, 0.15) is 43.2 Å². The number of rotatable bonds is 8. The Labute approximate surface area is 150 Å². The molecule has 0 atom stereocenters. The van der Waals surface area contributed by atoms with E-state index in [9.17, 15) is 9.59 Å². The van der Waals surface area contributed by atoms with Crippen LogP contribution in [0.2, 0.25) is 0 Å². The van der Waals surface area contributed by atoms with Gasteiger partial charge in [-0.05, 0) is 49.9 Å². The number of unbranched alkanes of at least 4 members (excludes halogenated alkanes) is 2. The number of nitrogens with zero attached hydrogens (tertiary/aromatic N) is 2. The highest BCUT2D eigenvalue weighted by Crippen LogP contribution is 2.20. The normalized spacial score (nSPS) is 14.7. The number of aryl methyl sites for hydroxylation is 2. The SMILES string of the molecule is Cc1ccc(N2CCN(C(=O)CCCCCC(=O)CO)CC2)cc1C. The number of Topliss-reactive ketones (excluding diaryl/α,β-unsaturated/α-hetero) is 1. The molecule has 0 spiro atoms. The first kappa shape index (κ1) is 19.4. The van der Waals surface area contributed by atoms with Crippen molar-refractivity contribution in [3.8, 4) is 0 Å². The summed E-state index contributed by atoms with van der Waals surface area (Å²) in [6.45, 7) is 7.17. The van der Waals surface area contributed by atoms with E-state index in [1.807, 2.05) is 4.90 Å². The van der Waals surface area contributed by atoms with Crippen molar-refractivity contribution in [1.29, 1.82) is 0 Å². The third kappa shape index (κ3) is 5.85. The molecule has 1 saturated heterocycles. The maximum absolute atomic E-state index is 12.3. The summed E-state index contributed by atoms with van der Waals surface area (Å²) in [5, 5.41) is 8.67. The fraction of sp³-hybridized carbons (Fsp3) is 0.600. The molecule has 2 rings (SSSR count). The molecule has 0 radical (unpaired) electrons. The summed E-state index contributed by atoms with van der Waals surface area (Å²) in [6, 6.07) is 6.54. The van der Waals surface area contributed by atoms with E-state index in [1.165, 1.54) is 16.8 Å².